The van der Waals surface area contributed by atoms with Crippen molar-refractivity contribution in [1.29, 1.82) is 0 Å². The summed E-state index contributed by atoms with van der Waals surface area (Å²) in [5, 5.41) is 7.40. The van der Waals surface area contributed by atoms with Gasteiger partial charge in [-0.3, -0.25) is 14.3 Å². The molecule has 2 heterocycles. The fourth-order valence-electron chi connectivity index (χ4n) is 3.31. The van der Waals surface area contributed by atoms with Crippen molar-refractivity contribution in [3.05, 3.63) is 41.7 Å². The molecule has 0 unspecified atom stereocenters. The summed E-state index contributed by atoms with van der Waals surface area (Å²) in [4.78, 5) is 26.5. The summed E-state index contributed by atoms with van der Waals surface area (Å²) in [6.07, 6.45) is -0.318. The number of para-hydroxylation sites is 2. The largest absolute Gasteiger partial charge is 0.479 e. The summed E-state index contributed by atoms with van der Waals surface area (Å²) < 4.78 is 7.52. The summed E-state index contributed by atoms with van der Waals surface area (Å²) in [6, 6.07) is 9.35. The van der Waals surface area contributed by atoms with Gasteiger partial charge in [0.1, 0.15) is 5.75 Å². The molecule has 1 N–H and O–H groups in total. The molecule has 144 valence electrons. The number of aromatic nitrogens is 2. The molecule has 1 aliphatic rings. The Morgan fingerprint density at radius 2 is 2.07 bits per heavy atom. The molecule has 7 nitrogen and oxygen atoms in total. The summed E-state index contributed by atoms with van der Waals surface area (Å²) in [5.74, 6) is 0.452. The standard InChI is InChI=1S/C20H26N4O3/c1-13-11-15(3)24(22-13)12-14(2)21-19(25)9-10-23-17-7-5-6-8-18(17)27-16(4)20(23)26/h5-8,11,14,16H,9-10,12H2,1-4H3,(H,21,25)/t14-,16-/m0/s1. The van der Waals surface area contributed by atoms with Crippen LogP contribution in [0.4, 0.5) is 5.69 Å². The van der Waals surface area contributed by atoms with Gasteiger partial charge in [-0.2, -0.15) is 5.10 Å². The van der Waals surface area contributed by atoms with Crippen molar-refractivity contribution in [2.75, 3.05) is 11.4 Å². The van der Waals surface area contributed by atoms with E-state index in [2.05, 4.69) is 10.4 Å². The third-order valence-electron chi connectivity index (χ3n) is 4.59. The first-order valence-corrected chi connectivity index (χ1v) is 9.22. The molecular weight excluding hydrogens is 344 g/mol. The lowest BCUT2D eigenvalue weighted by molar-refractivity contribution is -0.125. The molecule has 0 aliphatic carbocycles. The Labute approximate surface area is 159 Å². The second-order valence-electron chi connectivity index (χ2n) is 7.05. The number of fused-ring (bicyclic) bond motifs is 1. The number of amides is 2. The fraction of sp³-hybridized carbons (Fsp3) is 0.450. The Morgan fingerprint density at radius 1 is 1.33 bits per heavy atom. The van der Waals surface area contributed by atoms with Crippen LogP contribution in [-0.2, 0) is 16.1 Å². The molecule has 1 aliphatic heterocycles. The zero-order chi connectivity index (χ0) is 19.6. The third kappa shape index (κ3) is 4.30. The van der Waals surface area contributed by atoms with E-state index in [1.54, 1.807) is 11.8 Å². The van der Waals surface area contributed by atoms with Crippen LogP contribution in [0.1, 0.15) is 31.7 Å². The Morgan fingerprint density at radius 3 is 2.78 bits per heavy atom. The average Bonchev–Trinajstić information content (AvgIpc) is 2.92. The summed E-state index contributed by atoms with van der Waals surface area (Å²) >= 11 is 0. The van der Waals surface area contributed by atoms with Crippen LogP contribution in [0.15, 0.2) is 30.3 Å². The maximum atomic E-state index is 12.5. The second kappa shape index (κ2) is 7.82. The number of hydrogen-bond donors (Lipinski definition) is 1. The van der Waals surface area contributed by atoms with Gasteiger partial charge in [-0.05, 0) is 45.9 Å². The molecule has 0 saturated carbocycles. The average molecular weight is 370 g/mol. The van der Waals surface area contributed by atoms with Gasteiger partial charge >= 0.3 is 0 Å². The van der Waals surface area contributed by atoms with Gasteiger partial charge < -0.3 is 15.0 Å². The van der Waals surface area contributed by atoms with Crippen LogP contribution < -0.4 is 15.0 Å². The van der Waals surface area contributed by atoms with Gasteiger partial charge in [-0.25, -0.2) is 0 Å². The van der Waals surface area contributed by atoms with E-state index in [0.717, 1.165) is 11.4 Å². The van der Waals surface area contributed by atoms with Crippen LogP contribution in [0.3, 0.4) is 0 Å². The highest BCUT2D eigenvalue weighted by Crippen LogP contribution is 2.33. The highest BCUT2D eigenvalue weighted by atomic mass is 16.5. The van der Waals surface area contributed by atoms with Crippen LogP contribution >= 0.6 is 0 Å². The van der Waals surface area contributed by atoms with Crippen molar-refractivity contribution in [2.24, 2.45) is 0 Å². The number of carbonyl (C=O) groups is 2. The molecule has 0 bridgehead atoms. The molecule has 0 saturated heterocycles. The van der Waals surface area contributed by atoms with E-state index in [1.807, 2.05) is 55.8 Å². The molecule has 0 spiro atoms. The van der Waals surface area contributed by atoms with Crippen molar-refractivity contribution in [2.45, 2.75) is 52.8 Å². The maximum absolute atomic E-state index is 12.5. The Bertz CT molecular complexity index is 846. The lowest BCUT2D eigenvalue weighted by atomic mass is 10.1. The Hall–Kier alpha value is -2.83. The number of benzene rings is 1. The van der Waals surface area contributed by atoms with E-state index < -0.39 is 6.10 Å². The number of carbonyl (C=O) groups excluding carboxylic acids is 2. The molecule has 2 atom stereocenters. The van der Waals surface area contributed by atoms with E-state index in [4.69, 9.17) is 4.74 Å². The monoisotopic (exact) mass is 370 g/mol. The van der Waals surface area contributed by atoms with Gasteiger partial charge in [0.05, 0.1) is 17.9 Å². The van der Waals surface area contributed by atoms with Crippen molar-refractivity contribution >= 4 is 17.5 Å². The SMILES string of the molecule is Cc1cc(C)n(C[C@H](C)NC(=O)CCN2C(=O)[C@H](C)Oc3ccccc32)n1. The zero-order valence-electron chi connectivity index (χ0n) is 16.2. The van der Waals surface area contributed by atoms with Crippen molar-refractivity contribution in [1.82, 2.24) is 15.1 Å². The minimum absolute atomic E-state index is 0.0536. The molecule has 7 heteroatoms. The maximum Gasteiger partial charge on any atom is 0.267 e. The van der Waals surface area contributed by atoms with Gasteiger partial charge in [-0.1, -0.05) is 12.1 Å². The number of anilines is 1. The predicted octanol–water partition coefficient (Wildman–Crippen LogP) is 2.21. The summed E-state index contributed by atoms with van der Waals surface area (Å²) in [6.45, 7) is 8.55. The Balaban J connectivity index is 1.57. The smallest absolute Gasteiger partial charge is 0.267 e. The molecule has 0 fully saturated rings. The lowest BCUT2D eigenvalue weighted by Crippen LogP contribution is -2.46. The van der Waals surface area contributed by atoms with Crippen molar-refractivity contribution < 1.29 is 14.3 Å². The van der Waals surface area contributed by atoms with Crippen molar-refractivity contribution in [3.63, 3.8) is 0 Å². The molecule has 2 amide bonds. The minimum Gasteiger partial charge on any atom is -0.479 e. The van der Waals surface area contributed by atoms with E-state index in [0.29, 0.717) is 24.5 Å². The van der Waals surface area contributed by atoms with Crippen LogP contribution in [-0.4, -0.2) is 40.3 Å². The van der Waals surface area contributed by atoms with Crippen LogP contribution in [0.5, 0.6) is 5.75 Å². The second-order valence-corrected chi connectivity index (χ2v) is 7.05. The van der Waals surface area contributed by atoms with E-state index in [-0.39, 0.29) is 24.3 Å². The molecule has 1 aromatic carbocycles. The fourth-order valence-corrected chi connectivity index (χ4v) is 3.31. The first-order valence-electron chi connectivity index (χ1n) is 9.22. The highest BCUT2D eigenvalue weighted by Gasteiger charge is 2.31. The first kappa shape index (κ1) is 18.9. The van der Waals surface area contributed by atoms with Crippen LogP contribution in [0.2, 0.25) is 0 Å². The Kier molecular flexibility index (Phi) is 5.48. The number of rotatable bonds is 6. The van der Waals surface area contributed by atoms with Crippen LogP contribution in [0.25, 0.3) is 0 Å². The molecule has 2 aromatic rings. The normalized spacial score (nSPS) is 17.3. The molecular formula is C20H26N4O3. The third-order valence-corrected chi connectivity index (χ3v) is 4.59. The predicted molar refractivity (Wildman–Crippen MR) is 103 cm³/mol. The van der Waals surface area contributed by atoms with Gasteiger partial charge in [0.15, 0.2) is 6.10 Å². The number of nitrogens with zero attached hydrogens (tertiary/aromatic N) is 3. The van der Waals surface area contributed by atoms with E-state index in [1.165, 1.54) is 0 Å². The number of nitrogens with one attached hydrogen (secondary N) is 1. The summed E-state index contributed by atoms with van der Waals surface area (Å²) in [7, 11) is 0. The van der Waals surface area contributed by atoms with Gasteiger partial charge in [-0.15, -0.1) is 0 Å². The zero-order valence-corrected chi connectivity index (χ0v) is 16.2. The van der Waals surface area contributed by atoms with Crippen molar-refractivity contribution in [3.8, 4) is 5.75 Å². The van der Waals surface area contributed by atoms with Crippen LogP contribution in [0, 0.1) is 13.8 Å². The summed E-state index contributed by atoms with van der Waals surface area (Å²) in [5.41, 5.74) is 2.74. The quantitative estimate of drug-likeness (QED) is 0.846. The van der Waals surface area contributed by atoms with Gasteiger partial charge in [0.25, 0.3) is 5.91 Å². The number of hydrogen-bond acceptors (Lipinski definition) is 4. The molecule has 3 rings (SSSR count). The lowest BCUT2D eigenvalue weighted by Gasteiger charge is -2.32. The first-order chi connectivity index (χ1) is 12.8. The van der Waals surface area contributed by atoms with Gasteiger partial charge in [0, 0.05) is 24.7 Å². The topological polar surface area (TPSA) is 76.5 Å². The highest BCUT2D eigenvalue weighted by molar-refractivity contribution is 6.00. The molecule has 27 heavy (non-hydrogen) atoms. The van der Waals surface area contributed by atoms with Gasteiger partial charge in [0.2, 0.25) is 5.91 Å². The molecule has 0 radical (unpaired) electrons. The van der Waals surface area contributed by atoms with E-state index in [9.17, 15) is 9.59 Å². The number of ether oxygens (including phenoxy) is 1. The number of aryl methyl sites for hydroxylation is 2. The minimum atomic E-state index is -0.548. The molecule has 1 aromatic heterocycles. The van der Waals surface area contributed by atoms with E-state index >= 15 is 0 Å².